The van der Waals surface area contributed by atoms with Crippen LogP contribution in [0, 0.1) is 3.57 Å². The predicted octanol–water partition coefficient (Wildman–Crippen LogP) is 2.10. The first kappa shape index (κ1) is 12.3. The van der Waals surface area contributed by atoms with Gasteiger partial charge in [0.15, 0.2) is 21.2 Å². The largest absolute Gasteiger partial charge is 0.293 e. The smallest absolute Gasteiger partial charge is 0.259 e. The van der Waals surface area contributed by atoms with Crippen molar-refractivity contribution in [2.45, 2.75) is 6.92 Å². The molecule has 0 aromatic heterocycles. The Labute approximate surface area is 102 Å². The molecule has 4 nitrogen and oxygen atoms in total. The normalized spacial score (nSPS) is 9.73. The summed E-state index contributed by atoms with van der Waals surface area (Å²) in [5.74, 6) is -1.04. The van der Waals surface area contributed by atoms with Crippen LogP contribution in [-0.2, 0) is 7.86 Å². The average molecular weight is 340 g/mol. The van der Waals surface area contributed by atoms with Crippen LogP contribution in [0.15, 0.2) is 18.2 Å². The van der Waals surface area contributed by atoms with E-state index < -0.39 is 33.0 Å². The van der Waals surface area contributed by atoms with Gasteiger partial charge in [0.05, 0.1) is 9.13 Å². The van der Waals surface area contributed by atoms with Crippen molar-refractivity contribution < 1.29 is 12.7 Å². The topological polar surface area (TPSA) is 63.2 Å². The van der Waals surface area contributed by atoms with Crippen LogP contribution in [0.25, 0.3) is 0 Å². The van der Waals surface area contributed by atoms with Crippen molar-refractivity contribution >= 4 is 44.6 Å². The van der Waals surface area contributed by atoms with Gasteiger partial charge in [-0.2, -0.15) is 0 Å². The second kappa shape index (κ2) is 5.32. The van der Waals surface area contributed by atoms with E-state index in [-0.39, 0.29) is 5.56 Å². The number of rotatable bonds is 2. The molecule has 0 spiro atoms. The molecule has 0 aliphatic heterocycles. The number of hydrogen-bond donors (Lipinski definition) is 1. The third-order valence-corrected chi connectivity index (χ3v) is 3.20. The van der Waals surface area contributed by atoms with Crippen molar-refractivity contribution in [3.8, 4) is 0 Å². The number of carbonyl (C=O) groups is 2. The quantitative estimate of drug-likeness (QED) is 0.839. The molecule has 1 N–H and O–H groups in total. The number of imide groups is 1. The summed E-state index contributed by atoms with van der Waals surface area (Å²) in [5.41, 5.74) is 0.195. The van der Waals surface area contributed by atoms with Crippen LogP contribution < -0.4 is 5.32 Å². The highest BCUT2D eigenvalue weighted by atomic mass is 127. The van der Waals surface area contributed by atoms with Gasteiger partial charge < -0.3 is 0 Å². The van der Waals surface area contributed by atoms with E-state index in [9.17, 15) is 12.7 Å². The SMILES string of the molecule is CC(=O)NC(=O)c1cc(Cl)ccc1I=O. The molecule has 0 atom stereocenters. The van der Waals surface area contributed by atoms with E-state index >= 15 is 0 Å². The van der Waals surface area contributed by atoms with Gasteiger partial charge in [-0.05, 0) is 18.2 Å². The maximum atomic E-state index is 11.5. The second-order valence-corrected chi connectivity index (χ2v) is 4.75. The summed E-state index contributed by atoms with van der Waals surface area (Å²) in [6, 6.07) is 4.48. The zero-order chi connectivity index (χ0) is 11.4. The summed E-state index contributed by atoms with van der Waals surface area (Å²) in [6.45, 7) is 1.23. The minimum absolute atomic E-state index is 0.195. The standard InChI is InChI=1S/C9H7ClINO3/c1-5(13)12-9(14)7-4-6(10)2-3-8(7)11-15/h2-4H,1H3,(H,12,13,14). The number of amides is 2. The van der Waals surface area contributed by atoms with Crippen molar-refractivity contribution in [1.82, 2.24) is 5.32 Å². The third kappa shape index (κ3) is 3.35. The van der Waals surface area contributed by atoms with E-state index in [4.69, 9.17) is 11.6 Å². The molecule has 2 amide bonds. The monoisotopic (exact) mass is 339 g/mol. The first-order valence-electron chi connectivity index (χ1n) is 3.93. The van der Waals surface area contributed by atoms with Crippen LogP contribution >= 0.6 is 32.8 Å². The zero-order valence-electron chi connectivity index (χ0n) is 7.71. The van der Waals surface area contributed by atoms with Gasteiger partial charge in [-0.25, -0.2) is 0 Å². The maximum absolute atomic E-state index is 11.5. The maximum Gasteiger partial charge on any atom is 0.259 e. The van der Waals surface area contributed by atoms with Gasteiger partial charge in [-0.3, -0.25) is 18.0 Å². The van der Waals surface area contributed by atoms with Gasteiger partial charge in [0, 0.05) is 11.9 Å². The molecule has 1 rings (SSSR count). The van der Waals surface area contributed by atoms with E-state index in [1.165, 1.54) is 19.1 Å². The van der Waals surface area contributed by atoms with Crippen LogP contribution in [0.2, 0.25) is 5.02 Å². The summed E-state index contributed by atoms with van der Waals surface area (Å²) < 4.78 is 11.3. The Morgan fingerprint density at radius 1 is 1.40 bits per heavy atom. The van der Waals surface area contributed by atoms with Crippen molar-refractivity contribution in [3.63, 3.8) is 0 Å². The van der Waals surface area contributed by atoms with Crippen molar-refractivity contribution in [1.29, 1.82) is 0 Å². The lowest BCUT2D eigenvalue weighted by molar-refractivity contribution is -0.118. The second-order valence-electron chi connectivity index (χ2n) is 2.71. The molecule has 0 aliphatic rings. The molecule has 1 aromatic rings. The summed E-state index contributed by atoms with van der Waals surface area (Å²) in [5, 5.41) is 2.47. The first-order valence-corrected chi connectivity index (χ1v) is 6.27. The first-order chi connectivity index (χ1) is 7.04. The highest BCUT2D eigenvalue weighted by Crippen LogP contribution is 2.20. The van der Waals surface area contributed by atoms with E-state index in [0.717, 1.165) is 0 Å². The number of nitrogens with one attached hydrogen (secondary N) is 1. The molecule has 0 heterocycles. The summed E-state index contributed by atoms with van der Waals surface area (Å²) in [6.07, 6.45) is 0. The van der Waals surface area contributed by atoms with Crippen molar-refractivity contribution in [2.24, 2.45) is 0 Å². The molecular weight excluding hydrogens is 332 g/mol. The number of hydrogen-bond acceptors (Lipinski definition) is 3. The fourth-order valence-corrected chi connectivity index (χ4v) is 2.10. The lowest BCUT2D eigenvalue weighted by atomic mass is 10.2. The molecule has 0 radical (unpaired) electrons. The zero-order valence-corrected chi connectivity index (χ0v) is 10.6. The highest BCUT2D eigenvalue weighted by molar-refractivity contribution is 14.1. The Kier molecular flexibility index (Phi) is 4.34. The highest BCUT2D eigenvalue weighted by Gasteiger charge is 2.13. The number of halogens is 2. The lowest BCUT2D eigenvalue weighted by Crippen LogP contribution is -2.28. The van der Waals surface area contributed by atoms with Crippen molar-refractivity contribution in [3.05, 3.63) is 32.4 Å². The van der Waals surface area contributed by atoms with Crippen LogP contribution in [0.5, 0.6) is 0 Å². The molecule has 15 heavy (non-hydrogen) atoms. The van der Waals surface area contributed by atoms with E-state index in [0.29, 0.717) is 8.59 Å². The summed E-state index contributed by atoms with van der Waals surface area (Å²) in [7, 11) is 0. The van der Waals surface area contributed by atoms with Crippen LogP contribution in [0.4, 0.5) is 0 Å². The molecule has 0 unspecified atom stereocenters. The Balaban J connectivity index is 3.11. The Hall–Kier alpha value is -0.820. The molecular formula is C9H7ClINO3. The summed E-state index contributed by atoms with van der Waals surface area (Å²) >= 11 is 4.23. The number of carbonyl (C=O) groups excluding carboxylic acids is 2. The average Bonchev–Trinajstić information content (AvgIpc) is 2.16. The predicted molar refractivity (Wildman–Crippen MR) is 63.0 cm³/mol. The van der Waals surface area contributed by atoms with Gasteiger partial charge in [0.25, 0.3) is 5.91 Å². The molecule has 80 valence electrons. The fraction of sp³-hybridized carbons (Fsp3) is 0.111. The fourth-order valence-electron chi connectivity index (χ4n) is 0.966. The van der Waals surface area contributed by atoms with E-state index in [2.05, 4.69) is 5.32 Å². The Morgan fingerprint density at radius 3 is 2.60 bits per heavy atom. The van der Waals surface area contributed by atoms with Gasteiger partial charge in [0.2, 0.25) is 5.91 Å². The van der Waals surface area contributed by atoms with Crippen molar-refractivity contribution in [2.75, 3.05) is 0 Å². The van der Waals surface area contributed by atoms with Gasteiger partial charge >= 0.3 is 0 Å². The molecule has 0 bridgehead atoms. The van der Waals surface area contributed by atoms with Crippen LogP contribution in [0.3, 0.4) is 0 Å². The van der Waals surface area contributed by atoms with E-state index in [1.54, 1.807) is 6.07 Å². The van der Waals surface area contributed by atoms with Crippen LogP contribution in [0.1, 0.15) is 17.3 Å². The Morgan fingerprint density at radius 2 is 2.07 bits per heavy atom. The molecule has 0 saturated carbocycles. The third-order valence-electron chi connectivity index (χ3n) is 1.55. The summed E-state index contributed by atoms with van der Waals surface area (Å²) in [4.78, 5) is 22.2. The van der Waals surface area contributed by atoms with Gasteiger partial charge in [-0.15, -0.1) is 0 Å². The Bertz CT molecular complexity index is 433. The number of benzene rings is 1. The van der Waals surface area contributed by atoms with Gasteiger partial charge in [0.1, 0.15) is 0 Å². The van der Waals surface area contributed by atoms with Gasteiger partial charge in [-0.1, -0.05) is 11.6 Å². The molecule has 0 fully saturated rings. The van der Waals surface area contributed by atoms with Crippen LogP contribution in [-0.4, -0.2) is 11.8 Å². The molecule has 0 saturated heterocycles. The lowest BCUT2D eigenvalue weighted by Gasteiger charge is -2.03. The molecule has 1 aromatic carbocycles. The minimum Gasteiger partial charge on any atom is -0.293 e. The van der Waals surface area contributed by atoms with E-state index in [1.807, 2.05) is 0 Å². The molecule has 6 heteroatoms. The minimum atomic E-state index is -1.47. The molecule has 0 aliphatic carbocycles.